The molecule has 0 radical (unpaired) electrons. The summed E-state index contributed by atoms with van der Waals surface area (Å²) in [5.41, 5.74) is 0. The van der Waals surface area contributed by atoms with Crippen LogP contribution in [0.5, 0.6) is 0 Å². The second-order valence-electron chi connectivity index (χ2n) is 4.87. The summed E-state index contributed by atoms with van der Waals surface area (Å²) in [5, 5.41) is 7.12. The van der Waals surface area contributed by atoms with Crippen molar-refractivity contribution in [2.45, 2.75) is 52.0 Å². The predicted octanol–water partition coefficient (Wildman–Crippen LogP) is 2.15. The molecule has 0 amide bonds. The minimum atomic E-state index is 0.775. The Bertz CT molecular complexity index is 126. The second kappa shape index (κ2) is 7.24. The zero-order valence-electron chi connectivity index (χ0n) is 9.81. The van der Waals surface area contributed by atoms with E-state index in [1.807, 2.05) is 0 Å². The van der Waals surface area contributed by atoms with Crippen LogP contribution in [-0.2, 0) is 0 Å². The lowest BCUT2D eigenvalue weighted by atomic mass is 10.1. The molecule has 2 nitrogen and oxygen atoms in total. The van der Waals surface area contributed by atoms with E-state index < -0.39 is 0 Å². The van der Waals surface area contributed by atoms with Gasteiger partial charge in [-0.1, -0.05) is 13.8 Å². The number of nitrogens with one attached hydrogen (secondary N) is 2. The largest absolute Gasteiger partial charge is 0.317 e. The van der Waals surface area contributed by atoms with Gasteiger partial charge < -0.3 is 10.6 Å². The van der Waals surface area contributed by atoms with E-state index in [1.165, 1.54) is 51.7 Å². The van der Waals surface area contributed by atoms with Crippen molar-refractivity contribution in [2.75, 3.05) is 19.6 Å². The normalized spacial score (nSPS) is 23.8. The van der Waals surface area contributed by atoms with Gasteiger partial charge in [0.2, 0.25) is 0 Å². The molecule has 0 aromatic carbocycles. The lowest BCUT2D eigenvalue weighted by molar-refractivity contribution is 0.444. The average Bonchev–Trinajstić information content (AvgIpc) is 2.40. The first-order valence-electron chi connectivity index (χ1n) is 6.23. The Morgan fingerprint density at radius 3 is 2.93 bits per heavy atom. The molecule has 1 aliphatic rings. The lowest BCUT2D eigenvalue weighted by Gasteiger charge is -2.16. The first-order chi connectivity index (χ1) is 6.79. The quantitative estimate of drug-likeness (QED) is 0.662. The maximum absolute atomic E-state index is 3.68. The van der Waals surface area contributed by atoms with Crippen LogP contribution in [0.15, 0.2) is 0 Å². The van der Waals surface area contributed by atoms with Crippen LogP contribution in [0.25, 0.3) is 0 Å². The van der Waals surface area contributed by atoms with E-state index in [0.717, 1.165) is 12.0 Å². The fourth-order valence-corrected chi connectivity index (χ4v) is 2.04. The zero-order valence-corrected chi connectivity index (χ0v) is 9.81. The topological polar surface area (TPSA) is 24.1 Å². The van der Waals surface area contributed by atoms with Crippen molar-refractivity contribution < 1.29 is 0 Å². The van der Waals surface area contributed by atoms with E-state index in [0.29, 0.717) is 0 Å². The molecule has 1 heterocycles. The summed E-state index contributed by atoms with van der Waals surface area (Å²) in [7, 11) is 0. The predicted molar refractivity (Wildman–Crippen MR) is 62.6 cm³/mol. The SMILES string of the molecule is CC(C)CCCNC1CCCNCC1. The van der Waals surface area contributed by atoms with Crippen molar-refractivity contribution in [3.63, 3.8) is 0 Å². The molecule has 14 heavy (non-hydrogen) atoms. The molecule has 1 rings (SSSR count). The average molecular weight is 198 g/mol. The molecule has 1 fully saturated rings. The van der Waals surface area contributed by atoms with Crippen LogP contribution >= 0.6 is 0 Å². The van der Waals surface area contributed by atoms with Gasteiger partial charge in [-0.15, -0.1) is 0 Å². The Labute approximate surface area is 88.8 Å². The van der Waals surface area contributed by atoms with Gasteiger partial charge in [0.25, 0.3) is 0 Å². The van der Waals surface area contributed by atoms with Crippen molar-refractivity contribution in [3.05, 3.63) is 0 Å². The van der Waals surface area contributed by atoms with Crippen molar-refractivity contribution in [1.29, 1.82) is 0 Å². The fraction of sp³-hybridized carbons (Fsp3) is 1.00. The van der Waals surface area contributed by atoms with Crippen molar-refractivity contribution in [3.8, 4) is 0 Å². The van der Waals surface area contributed by atoms with Gasteiger partial charge in [0.15, 0.2) is 0 Å². The Hall–Kier alpha value is -0.0800. The van der Waals surface area contributed by atoms with Crippen LogP contribution in [0.1, 0.15) is 46.0 Å². The molecule has 0 saturated carbocycles. The van der Waals surface area contributed by atoms with Crippen LogP contribution in [0.3, 0.4) is 0 Å². The van der Waals surface area contributed by atoms with E-state index >= 15 is 0 Å². The van der Waals surface area contributed by atoms with Gasteiger partial charge in [0.05, 0.1) is 0 Å². The summed E-state index contributed by atoms with van der Waals surface area (Å²) < 4.78 is 0. The Kier molecular flexibility index (Phi) is 6.20. The van der Waals surface area contributed by atoms with Gasteiger partial charge in [-0.2, -0.15) is 0 Å². The molecule has 1 atom stereocenters. The third kappa shape index (κ3) is 5.61. The van der Waals surface area contributed by atoms with E-state index in [1.54, 1.807) is 0 Å². The van der Waals surface area contributed by atoms with Crippen LogP contribution in [0.4, 0.5) is 0 Å². The van der Waals surface area contributed by atoms with Crippen LogP contribution in [0, 0.1) is 5.92 Å². The Balaban J connectivity index is 1.99. The molecular weight excluding hydrogens is 172 g/mol. The number of rotatable bonds is 5. The highest BCUT2D eigenvalue weighted by molar-refractivity contribution is 4.72. The number of hydrogen-bond acceptors (Lipinski definition) is 2. The molecule has 2 heteroatoms. The zero-order chi connectivity index (χ0) is 10.2. The van der Waals surface area contributed by atoms with Gasteiger partial charge >= 0.3 is 0 Å². The first kappa shape index (κ1) is 12.0. The van der Waals surface area contributed by atoms with Crippen LogP contribution in [-0.4, -0.2) is 25.7 Å². The maximum atomic E-state index is 3.68. The summed E-state index contributed by atoms with van der Waals surface area (Å²) in [6.45, 7) is 8.22. The van der Waals surface area contributed by atoms with E-state index in [4.69, 9.17) is 0 Å². The molecule has 1 saturated heterocycles. The first-order valence-corrected chi connectivity index (χ1v) is 6.23. The highest BCUT2D eigenvalue weighted by Gasteiger charge is 2.10. The molecular formula is C12H26N2. The molecule has 0 aromatic heterocycles. The Morgan fingerprint density at radius 2 is 2.14 bits per heavy atom. The number of hydrogen-bond donors (Lipinski definition) is 2. The van der Waals surface area contributed by atoms with E-state index in [-0.39, 0.29) is 0 Å². The summed E-state index contributed by atoms with van der Waals surface area (Å²) in [5.74, 6) is 0.854. The molecule has 0 aromatic rings. The smallest absolute Gasteiger partial charge is 0.00796 e. The van der Waals surface area contributed by atoms with Crippen molar-refractivity contribution in [2.24, 2.45) is 5.92 Å². The summed E-state index contributed by atoms with van der Waals surface area (Å²) in [6.07, 6.45) is 6.69. The third-order valence-electron chi connectivity index (χ3n) is 2.97. The minimum absolute atomic E-state index is 0.775. The Morgan fingerprint density at radius 1 is 1.29 bits per heavy atom. The lowest BCUT2D eigenvalue weighted by Crippen LogP contribution is -2.30. The molecule has 0 bridgehead atoms. The molecule has 0 spiro atoms. The van der Waals surface area contributed by atoms with Crippen molar-refractivity contribution >= 4 is 0 Å². The molecule has 1 aliphatic heterocycles. The highest BCUT2D eigenvalue weighted by atomic mass is 14.9. The summed E-state index contributed by atoms with van der Waals surface area (Å²) in [6, 6.07) is 0.775. The van der Waals surface area contributed by atoms with Crippen LogP contribution < -0.4 is 10.6 Å². The van der Waals surface area contributed by atoms with Gasteiger partial charge in [-0.05, 0) is 57.7 Å². The minimum Gasteiger partial charge on any atom is -0.317 e. The molecule has 1 unspecified atom stereocenters. The van der Waals surface area contributed by atoms with Gasteiger partial charge in [-0.25, -0.2) is 0 Å². The monoisotopic (exact) mass is 198 g/mol. The molecule has 84 valence electrons. The highest BCUT2D eigenvalue weighted by Crippen LogP contribution is 2.06. The fourth-order valence-electron chi connectivity index (χ4n) is 2.04. The second-order valence-corrected chi connectivity index (χ2v) is 4.87. The third-order valence-corrected chi connectivity index (χ3v) is 2.97. The van der Waals surface area contributed by atoms with E-state index in [9.17, 15) is 0 Å². The maximum Gasteiger partial charge on any atom is 0.00796 e. The molecule has 2 N–H and O–H groups in total. The van der Waals surface area contributed by atoms with Gasteiger partial charge in [0, 0.05) is 6.04 Å². The molecule has 0 aliphatic carbocycles. The van der Waals surface area contributed by atoms with Crippen molar-refractivity contribution in [1.82, 2.24) is 10.6 Å². The van der Waals surface area contributed by atoms with Crippen LogP contribution in [0.2, 0.25) is 0 Å². The summed E-state index contributed by atoms with van der Waals surface area (Å²) >= 11 is 0. The van der Waals surface area contributed by atoms with E-state index in [2.05, 4.69) is 24.5 Å². The standard InChI is InChI=1S/C12H26N2/c1-11(2)5-3-9-14-12-6-4-8-13-10-7-12/h11-14H,3-10H2,1-2H3. The van der Waals surface area contributed by atoms with Gasteiger partial charge in [0.1, 0.15) is 0 Å². The summed E-state index contributed by atoms with van der Waals surface area (Å²) in [4.78, 5) is 0. The van der Waals surface area contributed by atoms with Gasteiger partial charge in [-0.3, -0.25) is 0 Å².